The van der Waals surface area contributed by atoms with Crippen LogP contribution in [0.25, 0.3) is 0 Å². The Balaban J connectivity index is 2.31. The molecule has 0 fully saturated rings. The third kappa shape index (κ3) is 2.17. The molecule has 1 atom stereocenters. The molecule has 80 valence electrons. The van der Waals surface area contributed by atoms with Crippen LogP contribution in [0.15, 0.2) is 40.4 Å². The summed E-state index contributed by atoms with van der Waals surface area (Å²) in [4.78, 5) is 0. The van der Waals surface area contributed by atoms with E-state index in [1.165, 1.54) is 34.9 Å². The van der Waals surface area contributed by atoms with Gasteiger partial charge >= 0.3 is 0 Å². The maximum atomic E-state index is 3.66. The Hall–Kier alpha value is -0.560. The molecule has 0 spiro atoms. The van der Waals surface area contributed by atoms with Crippen LogP contribution in [0.3, 0.4) is 0 Å². The molecular weight excluding hydrogens is 248 g/mol. The van der Waals surface area contributed by atoms with Crippen LogP contribution < -0.4 is 0 Å². The lowest BCUT2D eigenvalue weighted by Crippen LogP contribution is -2.25. The van der Waals surface area contributed by atoms with Gasteiger partial charge in [-0.1, -0.05) is 58.8 Å². The van der Waals surface area contributed by atoms with Crippen molar-refractivity contribution >= 4 is 15.9 Å². The van der Waals surface area contributed by atoms with Crippen molar-refractivity contribution in [3.8, 4) is 0 Å². The third-order valence-electron chi connectivity index (χ3n) is 3.49. The first-order chi connectivity index (χ1) is 7.12. The fourth-order valence-corrected chi connectivity index (χ4v) is 2.79. The van der Waals surface area contributed by atoms with Crippen molar-refractivity contribution in [1.29, 1.82) is 0 Å². The van der Waals surface area contributed by atoms with Gasteiger partial charge in [-0.05, 0) is 41.6 Å². The first-order valence-corrected chi connectivity index (χ1v) is 6.31. The van der Waals surface area contributed by atoms with Gasteiger partial charge in [0.25, 0.3) is 0 Å². The molecule has 0 bridgehead atoms. The zero-order valence-corrected chi connectivity index (χ0v) is 11.0. The van der Waals surface area contributed by atoms with Crippen LogP contribution in [0.2, 0.25) is 0 Å². The molecule has 1 heteroatoms. The Labute approximate surface area is 101 Å². The van der Waals surface area contributed by atoms with Crippen molar-refractivity contribution in [1.82, 2.24) is 0 Å². The lowest BCUT2D eigenvalue weighted by atomic mass is 9.71. The second-order valence-electron chi connectivity index (χ2n) is 4.79. The minimum Gasteiger partial charge on any atom is -0.0623 e. The summed E-state index contributed by atoms with van der Waals surface area (Å²) >= 11 is 3.66. The van der Waals surface area contributed by atoms with Crippen LogP contribution in [0.4, 0.5) is 0 Å². The van der Waals surface area contributed by atoms with Gasteiger partial charge in [-0.15, -0.1) is 0 Å². The number of hydrogen-bond donors (Lipinski definition) is 0. The first-order valence-electron chi connectivity index (χ1n) is 5.51. The van der Waals surface area contributed by atoms with Crippen LogP contribution in [-0.4, -0.2) is 0 Å². The zero-order valence-electron chi connectivity index (χ0n) is 9.39. The molecule has 1 aliphatic rings. The van der Waals surface area contributed by atoms with Gasteiger partial charge in [0.1, 0.15) is 0 Å². The van der Waals surface area contributed by atoms with Gasteiger partial charge in [0.05, 0.1) is 0 Å². The highest BCUT2D eigenvalue weighted by molar-refractivity contribution is 9.11. The molecule has 1 aromatic rings. The lowest BCUT2D eigenvalue weighted by Gasteiger charge is -2.35. The highest BCUT2D eigenvalue weighted by Crippen LogP contribution is 2.42. The molecule has 0 heterocycles. The Morgan fingerprint density at radius 3 is 2.47 bits per heavy atom. The van der Waals surface area contributed by atoms with Gasteiger partial charge < -0.3 is 0 Å². The molecule has 0 radical (unpaired) electrons. The van der Waals surface area contributed by atoms with E-state index in [1.54, 1.807) is 0 Å². The monoisotopic (exact) mass is 264 g/mol. The molecule has 0 unspecified atom stereocenters. The van der Waals surface area contributed by atoms with E-state index in [4.69, 9.17) is 0 Å². The second kappa shape index (κ2) is 4.13. The third-order valence-corrected chi connectivity index (χ3v) is 4.56. The van der Waals surface area contributed by atoms with Gasteiger partial charge in [0.15, 0.2) is 0 Å². The number of halogens is 1. The summed E-state index contributed by atoms with van der Waals surface area (Å²) in [7, 11) is 0. The van der Waals surface area contributed by atoms with E-state index < -0.39 is 0 Å². The minimum atomic E-state index is 0.336. The molecule has 0 amide bonds. The summed E-state index contributed by atoms with van der Waals surface area (Å²) in [6, 6.07) is 10.9. The molecule has 0 saturated carbocycles. The molecule has 2 rings (SSSR count). The Morgan fingerprint density at radius 1 is 1.20 bits per heavy atom. The molecular formula is C14H17Br. The molecule has 1 aromatic carbocycles. The smallest absolute Gasteiger partial charge is 0.00345 e. The number of allylic oxidation sites excluding steroid dienone is 2. The first kappa shape index (κ1) is 10.9. The van der Waals surface area contributed by atoms with Gasteiger partial charge in [0.2, 0.25) is 0 Å². The normalized spacial score (nSPS) is 26.9. The highest BCUT2D eigenvalue weighted by Gasteiger charge is 2.30. The van der Waals surface area contributed by atoms with Crippen molar-refractivity contribution in [3.05, 3.63) is 46.0 Å². The van der Waals surface area contributed by atoms with E-state index in [-0.39, 0.29) is 0 Å². The highest BCUT2D eigenvalue weighted by atomic mass is 79.9. The van der Waals surface area contributed by atoms with E-state index in [0.717, 1.165) is 0 Å². The summed E-state index contributed by atoms with van der Waals surface area (Å²) in [5, 5.41) is 0. The summed E-state index contributed by atoms with van der Waals surface area (Å²) < 4.78 is 1.41. The average Bonchev–Trinajstić information content (AvgIpc) is 2.26. The van der Waals surface area contributed by atoms with E-state index in [9.17, 15) is 0 Å². The number of rotatable bonds is 1. The predicted molar refractivity (Wildman–Crippen MR) is 69.3 cm³/mol. The van der Waals surface area contributed by atoms with Crippen molar-refractivity contribution in [3.63, 3.8) is 0 Å². The summed E-state index contributed by atoms with van der Waals surface area (Å²) in [5.74, 6) is 0. The zero-order chi connectivity index (χ0) is 10.9. The summed E-state index contributed by atoms with van der Waals surface area (Å²) in [5.41, 5.74) is 3.32. The number of benzene rings is 1. The lowest BCUT2D eigenvalue weighted by molar-refractivity contribution is 0.413. The summed E-state index contributed by atoms with van der Waals surface area (Å²) in [6.07, 6.45) is 3.60. The standard InChI is InChI=1S/C14H17Br/c1-11-10-14(2,9-8-13(11)15)12-6-4-3-5-7-12/h3-7H,8-10H2,1-2H3/t14-/m1/s1. The quantitative estimate of drug-likeness (QED) is 0.684. The SMILES string of the molecule is CC1=C(Br)CC[C@@](C)(c2ccccc2)C1. The molecule has 0 saturated heterocycles. The largest absolute Gasteiger partial charge is 0.0623 e. The predicted octanol–water partition coefficient (Wildman–Crippen LogP) is 4.80. The van der Waals surface area contributed by atoms with Gasteiger partial charge in [-0.3, -0.25) is 0 Å². The Morgan fingerprint density at radius 2 is 1.87 bits per heavy atom. The maximum Gasteiger partial charge on any atom is -0.00345 e. The van der Waals surface area contributed by atoms with Crippen LogP contribution in [0, 0.1) is 0 Å². The van der Waals surface area contributed by atoms with Gasteiger partial charge in [-0.25, -0.2) is 0 Å². The van der Waals surface area contributed by atoms with E-state index in [0.29, 0.717) is 5.41 Å². The van der Waals surface area contributed by atoms with Crippen molar-refractivity contribution in [2.24, 2.45) is 0 Å². The van der Waals surface area contributed by atoms with Crippen LogP contribution in [0.5, 0.6) is 0 Å². The second-order valence-corrected chi connectivity index (χ2v) is 5.75. The molecule has 0 aromatic heterocycles. The molecule has 0 nitrogen and oxygen atoms in total. The van der Waals surface area contributed by atoms with Crippen molar-refractivity contribution in [2.75, 3.05) is 0 Å². The van der Waals surface area contributed by atoms with Gasteiger partial charge in [0, 0.05) is 0 Å². The average molecular weight is 265 g/mol. The topological polar surface area (TPSA) is 0 Å². The van der Waals surface area contributed by atoms with E-state index in [1.807, 2.05) is 0 Å². The molecule has 0 N–H and O–H groups in total. The maximum absolute atomic E-state index is 3.66. The fraction of sp³-hybridized carbons (Fsp3) is 0.429. The number of hydrogen-bond acceptors (Lipinski definition) is 0. The summed E-state index contributed by atoms with van der Waals surface area (Å²) in [6.45, 7) is 4.62. The van der Waals surface area contributed by atoms with Gasteiger partial charge in [-0.2, -0.15) is 0 Å². The molecule has 0 aliphatic heterocycles. The van der Waals surface area contributed by atoms with Crippen LogP contribution in [0.1, 0.15) is 38.7 Å². The van der Waals surface area contributed by atoms with Crippen molar-refractivity contribution in [2.45, 2.75) is 38.5 Å². The Kier molecular flexibility index (Phi) is 3.01. The van der Waals surface area contributed by atoms with Crippen molar-refractivity contribution < 1.29 is 0 Å². The molecule has 1 aliphatic carbocycles. The van der Waals surface area contributed by atoms with E-state index >= 15 is 0 Å². The fourth-order valence-electron chi connectivity index (χ4n) is 2.46. The molecule has 15 heavy (non-hydrogen) atoms. The van der Waals surface area contributed by atoms with E-state index in [2.05, 4.69) is 60.1 Å². The Bertz CT molecular complexity index is 378. The van der Waals surface area contributed by atoms with Crippen LogP contribution in [-0.2, 0) is 5.41 Å². The van der Waals surface area contributed by atoms with Crippen LogP contribution >= 0.6 is 15.9 Å². The minimum absolute atomic E-state index is 0.336.